The molecule has 0 bridgehead atoms. The average molecular weight is 251 g/mol. The van der Waals surface area contributed by atoms with Gasteiger partial charge in [-0.25, -0.2) is 0 Å². The van der Waals surface area contributed by atoms with E-state index in [0.717, 1.165) is 38.3 Å². The van der Waals surface area contributed by atoms with Crippen molar-refractivity contribution in [1.29, 1.82) is 0 Å². The molecule has 3 aliphatic rings. The first-order valence-corrected chi connectivity index (χ1v) is 7.45. The van der Waals surface area contributed by atoms with Crippen molar-refractivity contribution in [3.63, 3.8) is 0 Å². The number of nitrogens with two attached hydrogens (primary N) is 1. The quantitative estimate of drug-likeness (QED) is 0.782. The normalized spacial score (nSPS) is 41.2. The fourth-order valence-electron chi connectivity index (χ4n) is 3.65. The number of carbonyl (C=O) groups excluding carboxylic acids is 1. The lowest BCUT2D eigenvalue weighted by Crippen LogP contribution is -2.40. The van der Waals surface area contributed by atoms with Gasteiger partial charge in [0, 0.05) is 36.6 Å². The van der Waals surface area contributed by atoms with E-state index in [1.165, 1.54) is 12.8 Å². The van der Waals surface area contributed by atoms with Crippen LogP contribution in [0, 0.1) is 5.92 Å². The molecule has 0 aromatic heterocycles. The largest absolute Gasteiger partial charge is 0.352 e. The number of rotatable bonds is 3. The third-order valence-electron chi connectivity index (χ3n) is 4.83. The topological polar surface area (TPSA) is 58.4 Å². The molecule has 4 unspecified atom stereocenters. The van der Waals surface area contributed by atoms with Crippen molar-refractivity contribution in [2.75, 3.05) is 6.54 Å². The van der Waals surface area contributed by atoms with Crippen LogP contribution in [0.4, 0.5) is 0 Å². The van der Waals surface area contributed by atoms with Crippen LogP contribution in [-0.2, 0) is 4.79 Å². The van der Waals surface area contributed by atoms with Gasteiger partial charge in [-0.05, 0) is 45.4 Å². The number of hydrogen-bond donors (Lipinski definition) is 2. The van der Waals surface area contributed by atoms with Crippen molar-refractivity contribution in [3.05, 3.63) is 0 Å². The Labute approximate surface area is 109 Å². The molecule has 2 aliphatic carbocycles. The SMILES string of the molecule is CC1CC(NC(=O)C2CCC(N)C2)CN1C1CC1. The minimum atomic E-state index is 0.172. The van der Waals surface area contributed by atoms with Gasteiger partial charge < -0.3 is 11.1 Å². The van der Waals surface area contributed by atoms with Gasteiger partial charge >= 0.3 is 0 Å². The van der Waals surface area contributed by atoms with E-state index in [0.29, 0.717) is 12.1 Å². The summed E-state index contributed by atoms with van der Waals surface area (Å²) < 4.78 is 0. The Bertz CT molecular complexity index is 329. The number of carbonyl (C=O) groups is 1. The first-order chi connectivity index (χ1) is 8.63. The van der Waals surface area contributed by atoms with E-state index in [1.54, 1.807) is 0 Å². The van der Waals surface area contributed by atoms with Crippen molar-refractivity contribution in [1.82, 2.24) is 10.2 Å². The van der Waals surface area contributed by atoms with E-state index in [4.69, 9.17) is 5.73 Å². The Morgan fingerprint density at radius 3 is 2.61 bits per heavy atom. The second kappa shape index (κ2) is 4.82. The van der Waals surface area contributed by atoms with Crippen LogP contribution < -0.4 is 11.1 Å². The van der Waals surface area contributed by atoms with E-state index in [2.05, 4.69) is 17.1 Å². The zero-order valence-electron chi connectivity index (χ0n) is 11.3. The molecular weight excluding hydrogens is 226 g/mol. The summed E-state index contributed by atoms with van der Waals surface area (Å²) in [4.78, 5) is 14.7. The molecule has 2 saturated carbocycles. The zero-order chi connectivity index (χ0) is 12.7. The van der Waals surface area contributed by atoms with Crippen molar-refractivity contribution in [2.24, 2.45) is 11.7 Å². The second-order valence-electron chi connectivity index (χ2n) is 6.49. The summed E-state index contributed by atoms with van der Waals surface area (Å²) in [5.41, 5.74) is 5.87. The minimum Gasteiger partial charge on any atom is -0.352 e. The molecule has 0 aromatic carbocycles. The highest BCUT2D eigenvalue weighted by atomic mass is 16.2. The summed E-state index contributed by atoms with van der Waals surface area (Å²) in [6.45, 7) is 3.34. The highest BCUT2D eigenvalue weighted by molar-refractivity contribution is 5.79. The maximum absolute atomic E-state index is 12.2. The summed E-state index contributed by atoms with van der Waals surface area (Å²) in [5.74, 6) is 0.420. The van der Waals surface area contributed by atoms with Crippen LogP contribution in [0.2, 0.25) is 0 Å². The van der Waals surface area contributed by atoms with Crippen molar-refractivity contribution in [3.8, 4) is 0 Å². The molecule has 1 saturated heterocycles. The van der Waals surface area contributed by atoms with Gasteiger partial charge in [0.1, 0.15) is 0 Å². The highest BCUT2D eigenvalue weighted by Crippen LogP contribution is 2.33. The zero-order valence-corrected chi connectivity index (χ0v) is 11.3. The van der Waals surface area contributed by atoms with Gasteiger partial charge in [-0.2, -0.15) is 0 Å². The van der Waals surface area contributed by atoms with Crippen LogP contribution in [0.15, 0.2) is 0 Å². The van der Waals surface area contributed by atoms with Crippen molar-refractivity contribution in [2.45, 2.75) is 69.6 Å². The number of likely N-dealkylation sites (tertiary alicyclic amines) is 1. The average Bonchev–Trinajstić information content (AvgIpc) is 2.97. The molecule has 102 valence electrons. The lowest BCUT2D eigenvalue weighted by Gasteiger charge is -2.20. The molecule has 4 nitrogen and oxygen atoms in total. The van der Waals surface area contributed by atoms with Gasteiger partial charge in [0.25, 0.3) is 0 Å². The standard InChI is InChI=1S/C14H25N3O/c1-9-6-12(8-17(9)13-4-5-13)16-14(18)10-2-3-11(15)7-10/h9-13H,2-8,15H2,1H3,(H,16,18). The van der Waals surface area contributed by atoms with Crippen LogP contribution in [0.25, 0.3) is 0 Å². The summed E-state index contributed by atoms with van der Waals surface area (Å²) in [7, 11) is 0. The van der Waals surface area contributed by atoms with E-state index >= 15 is 0 Å². The molecule has 3 fully saturated rings. The number of hydrogen-bond acceptors (Lipinski definition) is 3. The first-order valence-electron chi connectivity index (χ1n) is 7.45. The molecule has 1 amide bonds. The number of nitrogens with one attached hydrogen (secondary N) is 1. The van der Waals surface area contributed by atoms with Gasteiger partial charge in [-0.3, -0.25) is 9.69 Å². The summed E-state index contributed by atoms with van der Waals surface area (Å²) >= 11 is 0. The van der Waals surface area contributed by atoms with E-state index in [9.17, 15) is 4.79 Å². The molecular formula is C14H25N3O. The fraction of sp³-hybridized carbons (Fsp3) is 0.929. The molecule has 1 aliphatic heterocycles. The maximum atomic E-state index is 12.2. The molecule has 18 heavy (non-hydrogen) atoms. The van der Waals surface area contributed by atoms with Crippen LogP contribution >= 0.6 is 0 Å². The van der Waals surface area contributed by atoms with Crippen LogP contribution in [0.1, 0.15) is 45.4 Å². The van der Waals surface area contributed by atoms with Crippen LogP contribution in [-0.4, -0.2) is 41.5 Å². The molecule has 3 rings (SSSR count). The Kier molecular flexibility index (Phi) is 3.32. The smallest absolute Gasteiger partial charge is 0.223 e. The molecule has 0 spiro atoms. The maximum Gasteiger partial charge on any atom is 0.223 e. The summed E-state index contributed by atoms with van der Waals surface area (Å²) in [6.07, 6.45) is 6.67. The number of nitrogens with zero attached hydrogens (tertiary/aromatic N) is 1. The molecule has 0 radical (unpaired) electrons. The number of amides is 1. The van der Waals surface area contributed by atoms with E-state index in [-0.39, 0.29) is 17.9 Å². The van der Waals surface area contributed by atoms with E-state index in [1.807, 2.05) is 0 Å². The van der Waals surface area contributed by atoms with Crippen molar-refractivity contribution >= 4 is 5.91 Å². The van der Waals surface area contributed by atoms with Gasteiger partial charge in [0.15, 0.2) is 0 Å². The van der Waals surface area contributed by atoms with Gasteiger partial charge in [-0.15, -0.1) is 0 Å². The molecule has 1 heterocycles. The second-order valence-corrected chi connectivity index (χ2v) is 6.49. The monoisotopic (exact) mass is 251 g/mol. The lowest BCUT2D eigenvalue weighted by molar-refractivity contribution is -0.125. The Balaban J connectivity index is 1.49. The van der Waals surface area contributed by atoms with Crippen LogP contribution in [0.5, 0.6) is 0 Å². The Morgan fingerprint density at radius 1 is 1.22 bits per heavy atom. The molecule has 3 N–H and O–H groups in total. The fourth-order valence-corrected chi connectivity index (χ4v) is 3.65. The Morgan fingerprint density at radius 2 is 2.00 bits per heavy atom. The highest BCUT2D eigenvalue weighted by Gasteiger charge is 2.39. The van der Waals surface area contributed by atoms with Crippen LogP contribution in [0.3, 0.4) is 0 Å². The summed E-state index contributed by atoms with van der Waals surface area (Å²) in [6, 6.07) is 2.05. The first kappa shape index (κ1) is 12.4. The Hall–Kier alpha value is -0.610. The van der Waals surface area contributed by atoms with Gasteiger partial charge in [-0.1, -0.05) is 0 Å². The van der Waals surface area contributed by atoms with Gasteiger partial charge in [0.05, 0.1) is 0 Å². The predicted molar refractivity (Wildman–Crippen MR) is 71.1 cm³/mol. The van der Waals surface area contributed by atoms with E-state index < -0.39 is 0 Å². The third-order valence-corrected chi connectivity index (χ3v) is 4.83. The summed E-state index contributed by atoms with van der Waals surface area (Å²) in [5, 5.41) is 3.25. The molecule has 4 atom stereocenters. The third kappa shape index (κ3) is 2.54. The molecule has 4 heteroatoms. The lowest BCUT2D eigenvalue weighted by atomic mass is 10.1. The van der Waals surface area contributed by atoms with Gasteiger partial charge in [0.2, 0.25) is 5.91 Å². The predicted octanol–water partition coefficient (Wildman–Crippen LogP) is 0.855. The van der Waals surface area contributed by atoms with Crippen molar-refractivity contribution < 1.29 is 4.79 Å². The minimum absolute atomic E-state index is 0.172. The molecule has 0 aromatic rings.